The van der Waals surface area contributed by atoms with Gasteiger partial charge in [-0.2, -0.15) is 0 Å². The molecule has 0 aliphatic heterocycles. The summed E-state index contributed by atoms with van der Waals surface area (Å²) in [5.74, 6) is -1.09. The average molecular weight is 282 g/mol. The van der Waals surface area contributed by atoms with E-state index in [1.165, 1.54) is 6.08 Å². The third-order valence-corrected chi connectivity index (χ3v) is 4.62. The van der Waals surface area contributed by atoms with Crippen molar-refractivity contribution in [3.8, 4) is 0 Å². The lowest BCUT2D eigenvalue weighted by atomic mass is 10.1. The Morgan fingerprint density at radius 3 is 2.37 bits per heavy atom. The van der Waals surface area contributed by atoms with Crippen LogP contribution in [0.15, 0.2) is 35.9 Å². The molecule has 1 atom stereocenters. The fourth-order valence-corrected chi connectivity index (χ4v) is 3.86. The summed E-state index contributed by atoms with van der Waals surface area (Å²) in [6, 6.07) is 8.92. The van der Waals surface area contributed by atoms with Crippen molar-refractivity contribution in [3.63, 3.8) is 0 Å². The van der Waals surface area contributed by atoms with Gasteiger partial charge in [0.15, 0.2) is 0 Å². The van der Waals surface area contributed by atoms with Crippen molar-refractivity contribution in [2.24, 2.45) is 5.92 Å². The van der Waals surface area contributed by atoms with Crippen molar-refractivity contribution < 1.29 is 19.4 Å². The first-order valence-corrected chi connectivity index (χ1v) is 8.13. The fourth-order valence-electron chi connectivity index (χ4n) is 1.83. The number of carbonyl (C=O) groups is 1. The van der Waals surface area contributed by atoms with E-state index in [1.807, 2.05) is 19.9 Å². The van der Waals surface area contributed by atoms with Crippen molar-refractivity contribution in [1.82, 2.24) is 0 Å². The first-order chi connectivity index (χ1) is 8.80. The summed E-state index contributed by atoms with van der Waals surface area (Å²) in [7, 11) is -3.44. The molecule has 1 rings (SSSR count). The van der Waals surface area contributed by atoms with Gasteiger partial charge in [0.05, 0.1) is 6.16 Å². The number of rotatable bonds is 6. The van der Waals surface area contributed by atoms with Gasteiger partial charge in [-0.05, 0) is 17.6 Å². The van der Waals surface area contributed by atoms with Gasteiger partial charge in [-0.25, -0.2) is 4.79 Å². The minimum Gasteiger partial charge on any atom is -0.478 e. The number of aliphatic carboxylic acids is 1. The van der Waals surface area contributed by atoms with E-state index in [1.54, 1.807) is 24.3 Å². The quantitative estimate of drug-likeness (QED) is 0.621. The highest BCUT2D eigenvalue weighted by Crippen LogP contribution is 2.44. The van der Waals surface area contributed by atoms with Crippen LogP contribution < -0.4 is 0 Å². The standard InChI is InChI=1S/C14H19O4P/c1-11(2)9-19(17,18)10-13(14(15)16)8-12-6-4-3-5-7-12/h3-8,11H,9-10H2,1-2H3,(H,15,16)(H,17,18)/b13-8-. The first kappa shape index (κ1) is 15.7. The van der Waals surface area contributed by atoms with Crippen LogP contribution >= 0.6 is 7.37 Å². The molecule has 0 heterocycles. The highest BCUT2D eigenvalue weighted by molar-refractivity contribution is 7.58. The topological polar surface area (TPSA) is 74.6 Å². The van der Waals surface area contributed by atoms with Crippen molar-refractivity contribution in [1.29, 1.82) is 0 Å². The minimum absolute atomic E-state index is 0.0299. The van der Waals surface area contributed by atoms with Crippen molar-refractivity contribution >= 4 is 19.4 Å². The first-order valence-electron chi connectivity index (χ1n) is 6.10. The van der Waals surface area contributed by atoms with Gasteiger partial charge in [-0.1, -0.05) is 44.2 Å². The second-order valence-corrected chi connectivity index (χ2v) is 7.34. The molecule has 2 N–H and O–H groups in total. The lowest BCUT2D eigenvalue weighted by Crippen LogP contribution is -2.09. The maximum atomic E-state index is 12.0. The maximum absolute atomic E-state index is 12.0. The Morgan fingerprint density at radius 1 is 1.32 bits per heavy atom. The number of carboxylic acids is 1. The number of carboxylic acid groups (broad SMARTS) is 1. The molecule has 0 saturated heterocycles. The molecule has 4 nitrogen and oxygen atoms in total. The average Bonchev–Trinajstić information content (AvgIpc) is 2.27. The normalized spacial score (nSPS) is 15.3. The number of hydrogen-bond acceptors (Lipinski definition) is 2. The molecule has 1 aromatic carbocycles. The minimum atomic E-state index is -3.44. The second-order valence-electron chi connectivity index (χ2n) is 4.97. The van der Waals surface area contributed by atoms with Crippen LogP contribution in [0.2, 0.25) is 0 Å². The molecule has 1 unspecified atom stereocenters. The summed E-state index contributed by atoms with van der Waals surface area (Å²) in [4.78, 5) is 21.0. The third-order valence-electron chi connectivity index (χ3n) is 2.48. The summed E-state index contributed by atoms with van der Waals surface area (Å²) in [6.07, 6.45) is 1.29. The largest absolute Gasteiger partial charge is 0.478 e. The highest BCUT2D eigenvalue weighted by atomic mass is 31.2. The van der Waals surface area contributed by atoms with Crippen LogP contribution in [0.1, 0.15) is 19.4 Å². The molecule has 5 heteroatoms. The zero-order valence-electron chi connectivity index (χ0n) is 11.1. The van der Waals surface area contributed by atoms with E-state index in [0.717, 1.165) is 0 Å². The van der Waals surface area contributed by atoms with Gasteiger partial charge in [0.1, 0.15) is 0 Å². The predicted molar refractivity (Wildman–Crippen MR) is 76.5 cm³/mol. The fraction of sp³-hybridized carbons (Fsp3) is 0.357. The Bertz CT molecular complexity index is 505. The SMILES string of the molecule is CC(C)CP(=O)(O)C/C(=C/c1ccccc1)C(=O)O. The summed E-state index contributed by atoms with van der Waals surface area (Å²) in [5.41, 5.74) is 0.683. The van der Waals surface area contributed by atoms with E-state index in [-0.39, 0.29) is 23.8 Å². The molecule has 0 spiro atoms. The van der Waals surface area contributed by atoms with E-state index in [4.69, 9.17) is 5.11 Å². The van der Waals surface area contributed by atoms with Gasteiger partial charge >= 0.3 is 5.97 Å². The Labute approximate surface area is 113 Å². The van der Waals surface area contributed by atoms with Crippen LogP contribution in [0.3, 0.4) is 0 Å². The lowest BCUT2D eigenvalue weighted by Gasteiger charge is -2.14. The zero-order chi connectivity index (χ0) is 14.5. The van der Waals surface area contributed by atoms with Gasteiger partial charge < -0.3 is 10.00 Å². The van der Waals surface area contributed by atoms with Crippen LogP contribution in [0, 0.1) is 5.92 Å². The molecule has 104 valence electrons. The summed E-state index contributed by atoms with van der Waals surface area (Å²) in [6.45, 7) is 3.68. The Kier molecular flexibility index (Phi) is 5.52. The van der Waals surface area contributed by atoms with Crippen LogP contribution in [-0.2, 0) is 9.36 Å². The molecule has 0 aromatic heterocycles. The molecule has 0 aliphatic carbocycles. The molecule has 0 saturated carbocycles. The Morgan fingerprint density at radius 2 is 1.89 bits per heavy atom. The molecule has 0 aliphatic rings. The van der Waals surface area contributed by atoms with E-state index in [0.29, 0.717) is 5.56 Å². The summed E-state index contributed by atoms with van der Waals surface area (Å²) in [5, 5.41) is 9.13. The van der Waals surface area contributed by atoms with Crippen molar-refractivity contribution in [3.05, 3.63) is 41.5 Å². The summed E-state index contributed by atoms with van der Waals surface area (Å²) < 4.78 is 12.0. The monoisotopic (exact) mass is 282 g/mol. The van der Waals surface area contributed by atoms with Crippen LogP contribution in [0.4, 0.5) is 0 Å². The van der Waals surface area contributed by atoms with Gasteiger partial charge in [0.2, 0.25) is 7.37 Å². The smallest absolute Gasteiger partial charge is 0.332 e. The van der Waals surface area contributed by atoms with E-state index >= 15 is 0 Å². The molecule has 0 bridgehead atoms. The van der Waals surface area contributed by atoms with E-state index in [9.17, 15) is 14.3 Å². The van der Waals surface area contributed by atoms with Crippen LogP contribution in [0.5, 0.6) is 0 Å². The van der Waals surface area contributed by atoms with Gasteiger partial charge in [-0.15, -0.1) is 0 Å². The second kappa shape index (κ2) is 6.69. The molecule has 0 amide bonds. The highest BCUT2D eigenvalue weighted by Gasteiger charge is 2.24. The van der Waals surface area contributed by atoms with Gasteiger partial charge in [0.25, 0.3) is 0 Å². The lowest BCUT2D eigenvalue weighted by molar-refractivity contribution is -0.132. The van der Waals surface area contributed by atoms with Crippen molar-refractivity contribution in [2.75, 3.05) is 12.3 Å². The van der Waals surface area contributed by atoms with E-state index < -0.39 is 13.3 Å². The summed E-state index contributed by atoms with van der Waals surface area (Å²) >= 11 is 0. The molecular weight excluding hydrogens is 263 g/mol. The van der Waals surface area contributed by atoms with Crippen LogP contribution in [-0.4, -0.2) is 28.3 Å². The molecule has 1 aromatic rings. The molecular formula is C14H19O4P. The van der Waals surface area contributed by atoms with Crippen LogP contribution in [0.25, 0.3) is 6.08 Å². The van der Waals surface area contributed by atoms with Crippen molar-refractivity contribution in [2.45, 2.75) is 13.8 Å². The molecule has 19 heavy (non-hydrogen) atoms. The van der Waals surface area contributed by atoms with Gasteiger partial charge in [-0.3, -0.25) is 4.57 Å². The van der Waals surface area contributed by atoms with E-state index in [2.05, 4.69) is 0 Å². The zero-order valence-corrected chi connectivity index (χ0v) is 12.0. The Balaban J connectivity index is 2.94. The number of hydrogen-bond donors (Lipinski definition) is 2. The number of benzene rings is 1. The van der Waals surface area contributed by atoms with Gasteiger partial charge in [0, 0.05) is 11.7 Å². The molecule has 0 fully saturated rings. The maximum Gasteiger partial charge on any atom is 0.332 e. The Hall–Kier alpha value is -1.38. The third kappa shape index (κ3) is 5.86. The predicted octanol–water partition coefficient (Wildman–Crippen LogP) is 3.08. The molecule has 0 radical (unpaired) electrons.